The van der Waals surface area contributed by atoms with Crippen molar-refractivity contribution in [1.82, 2.24) is 0 Å². The molecular weight excluding hydrogens is 556 g/mol. The first-order chi connectivity index (χ1) is 19.6. The summed E-state index contributed by atoms with van der Waals surface area (Å²) < 4.78 is 58.8. The summed E-state index contributed by atoms with van der Waals surface area (Å²) in [6.07, 6.45) is 4.02. The highest BCUT2D eigenvalue weighted by atomic mass is 32.3. The van der Waals surface area contributed by atoms with E-state index in [0.29, 0.717) is 25.9 Å². The largest absolute Gasteiger partial charge is 0.490 e. The lowest BCUT2D eigenvalue weighted by atomic mass is 10.1. The van der Waals surface area contributed by atoms with Gasteiger partial charge in [0.15, 0.2) is 17.3 Å². The van der Waals surface area contributed by atoms with E-state index in [2.05, 4.69) is 4.18 Å². The van der Waals surface area contributed by atoms with E-state index in [-0.39, 0.29) is 65.0 Å². The molecule has 1 heterocycles. The summed E-state index contributed by atoms with van der Waals surface area (Å²) in [5, 5.41) is 0.194. The van der Waals surface area contributed by atoms with Gasteiger partial charge in [0, 0.05) is 18.4 Å². The predicted octanol–water partition coefficient (Wildman–Crippen LogP) is 5.63. The molecular formula is C29H34O11S. The van der Waals surface area contributed by atoms with Crippen LogP contribution in [-0.4, -0.2) is 38.1 Å². The number of ether oxygens (including phenoxy) is 3. The molecule has 41 heavy (non-hydrogen) atoms. The van der Waals surface area contributed by atoms with Crippen LogP contribution in [0.25, 0.3) is 22.3 Å². The average Bonchev–Trinajstić information content (AvgIpc) is 2.93. The number of benzene rings is 2. The molecule has 0 fully saturated rings. The Morgan fingerprint density at radius 1 is 0.878 bits per heavy atom. The van der Waals surface area contributed by atoms with E-state index in [4.69, 9.17) is 18.6 Å². The van der Waals surface area contributed by atoms with Crippen molar-refractivity contribution in [2.75, 3.05) is 13.2 Å². The fourth-order valence-corrected chi connectivity index (χ4v) is 4.15. The number of para-hydroxylation sites is 1. The molecule has 12 heteroatoms. The number of carbonyl (C=O) groups excluding carboxylic acids is 2. The van der Waals surface area contributed by atoms with E-state index in [0.717, 1.165) is 19.3 Å². The molecule has 0 spiro atoms. The summed E-state index contributed by atoms with van der Waals surface area (Å²) in [6, 6.07) is 10.4. The first kappa shape index (κ1) is 31.6. The van der Waals surface area contributed by atoms with Crippen molar-refractivity contribution in [1.29, 1.82) is 0 Å². The van der Waals surface area contributed by atoms with Gasteiger partial charge in [-0.15, -0.1) is 0 Å². The molecule has 0 bridgehead atoms. The fraction of sp³-hybridized carbons (Fsp3) is 0.414. The maximum atomic E-state index is 13.4. The van der Waals surface area contributed by atoms with Gasteiger partial charge in [-0.3, -0.25) is 18.9 Å². The van der Waals surface area contributed by atoms with Crippen LogP contribution < -0.4 is 19.1 Å². The van der Waals surface area contributed by atoms with Crippen LogP contribution in [-0.2, 0) is 24.7 Å². The summed E-state index contributed by atoms with van der Waals surface area (Å²) in [5.41, 5.74) is -0.110. The van der Waals surface area contributed by atoms with Crippen molar-refractivity contribution < 1.29 is 45.4 Å². The second-order valence-electron chi connectivity index (χ2n) is 9.22. The van der Waals surface area contributed by atoms with Crippen molar-refractivity contribution in [2.24, 2.45) is 0 Å². The number of hydrogen-bond acceptors (Lipinski definition) is 10. The zero-order valence-corrected chi connectivity index (χ0v) is 23.9. The lowest BCUT2D eigenvalue weighted by molar-refractivity contribution is -0.144. The van der Waals surface area contributed by atoms with Crippen molar-refractivity contribution in [3.8, 4) is 28.6 Å². The molecule has 3 rings (SSSR count). The Morgan fingerprint density at radius 3 is 2.27 bits per heavy atom. The Morgan fingerprint density at radius 2 is 1.56 bits per heavy atom. The van der Waals surface area contributed by atoms with E-state index < -0.39 is 21.8 Å². The molecule has 0 atom stereocenters. The van der Waals surface area contributed by atoms with Crippen LogP contribution in [0.3, 0.4) is 0 Å². The van der Waals surface area contributed by atoms with Gasteiger partial charge in [-0.1, -0.05) is 38.8 Å². The first-order valence-corrected chi connectivity index (χ1v) is 14.9. The zero-order chi connectivity index (χ0) is 29.8. The van der Waals surface area contributed by atoms with Crippen molar-refractivity contribution in [2.45, 2.75) is 65.2 Å². The third kappa shape index (κ3) is 9.61. The van der Waals surface area contributed by atoms with Crippen molar-refractivity contribution in [3.05, 3.63) is 52.7 Å². The normalized spacial score (nSPS) is 11.3. The van der Waals surface area contributed by atoms with Gasteiger partial charge in [-0.05, 0) is 56.0 Å². The minimum Gasteiger partial charge on any atom is -0.490 e. The van der Waals surface area contributed by atoms with Gasteiger partial charge in [0.1, 0.15) is 5.58 Å². The summed E-state index contributed by atoms with van der Waals surface area (Å²) in [5.74, 6) is -1.77. The Kier molecular flexibility index (Phi) is 11.7. The molecule has 1 aromatic heterocycles. The van der Waals surface area contributed by atoms with Crippen LogP contribution >= 0.6 is 0 Å². The van der Waals surface area contributed by atoms with Gasteiger partial charge in [-0.2, -0.15) is 8.42 Å². The number of rotatable bonds is 16. The van der Waals surface area contributed by atoms with Gasteiger partial charge < -0.3 is 22.8 Å². The third-order valence-corrected chi connectivity index (χ3v) is 6.29. The van der Waals surface area contributed by atoms with Crippen LogP contribution in [0, 0.1) is 0 Å². The minimum absolute atomic E-state index is 0.0347. The number of unbranched alkanes of at least 4 members (excludes halogenated alkanes) is 3. The number of esters is 2. The van der Waals surface area contributed by atoms with Crippen LogP contribution in [0.1, 0.15) is 65.2 Å². The van der Waals surface area contributed by atoms with Crippen molar-refractivity contribution in [3.63, 3.8) is 0 Å². The number of carbonyl (C=O) groups is 2. The number of hydrogen-bond donors (Lipinski definition) is 1. The molecule has 0 saturated heterocycles. The van der Waals surface area contributed by atoms with E-state index >= 15 is 0 Å². The van der Waals surface area contributed by atoms with Crippen LogP contribution in [0.15, 0.2) is 51.7 Å². The smallest absolute Gasteiger partial charge is 0.446 e. The highest BCUT2D eigenvalue weighted by Crippen LogP contribution is 2.37. The maximum Gasteiger partial charge on any atom is 0.446 e. The summed E-state index contributed by atoms with van der Waals surface area (Å²) in [7, 11) is -4.84. The Labute approximate surface area is 238 Å². The van der Waals surface area contributed by atoms with Gasteiger partial charge in [-0.25, -0.2) is 0 Å². The molecule has 0 aliphatic carbocycles. The van der Waals surface area contributed by atoms with Gasteiger partial charge >= 0.3 is 22.3 Å². The van der Waals surface area contributed by atoms with E-state index in [1.165, 1.54) is 24.3 Å². The minimum atomic E-state index is -4.84. The molecule has 0 amide bonds. The molecule has 2 aromatic carbocycles. The molecule has 3 aromatic rings. The molecule has 0 aliphatic rings. The molecule has 1 N–H and O–H groups in total. The van der Waals surface area contributed by atoms with Gasteiger partial charge in [0.25, 0.3) is 0 Å². The zero-order valence-electron chi connectivity index (χ0n) is 23.1. The Hall–Kier alpha value is -3.90. The Bertz CT molecular complexity index is 1510. The highest BCUT2D eigenvalue weighted by Gasteiger charge is 2.23. The first-order valence-electron chi connectivity index (χ1n) is 13.5. The second-order valence-corrected chi connectivity index (χ2v) is 10.2. The average molecular weight is 591 g/mol. The predicted molar refractivity (Wildman–Crippen MR) is 150 cm³/mol. The molecule has 11 nitrogen and oxygen atoms in total. The van der Waals surface area contributed by atoms with Crippen LogP contribution in [0.2, 0.25) is 0 Å². The quantitative estimate of drug-likeness (QED) is 0.125. The number of fused-ring (bicyclic) bond motifs is 1. The summed E-state index contributed by atoms with van der Waals surface area (Å²) in [6.45, 7) is 4.53. The molecule has 0 unspecified atom stereocenters. The third-order valence-electron chi connectivity index (χ3n) is 5.90. The topological polar surface area (TPSA) is 156 Å². The highest BCUT2D eigenvalue weighted by molar-refractivity contribution is 7.81. The van der Waals surface area contributed by atoms with E-state index in [9.17, 15) is 27.4 Å². The summed E-state index contributed by atoms with van der Waals surface area (Å²) >= 11 is 0. The molecule has 0 radical (unpaired) electrons. The van der Waals surface area contributed by atoms with E-state index in [1.807, 2.05) is 13.8 Å². The fourth-order valence-electron chi connectivity index (χ4n) is 3.78. The monoisotopic (exact) mass is 590 g/mol. The van der Waals surface area contributed by atoms with E-state index in [1.54, 1.807) is 18.2 Å². The van der Waals surface area contributed by atoms with Crippen LogP contribution in [0.5, 0.6) is 17.2 Å². The second kappa shape index (κ2) is 15.2. The summed E-state index contributed by atoms with van der Waals surface area (Å²) in [4.78, 5) is 37.9. The maximum absolute atomic E-state index is 13.4. The standard InChI is InChI=1S/C29H34O11S/c1-3-5-17-36-24-19-20(15-16-23(24)40-41(33,34)35)28-29(27(32)21-11-7-8-12-22(21)38-28)39-26(31)14-10-9-13-25(30)37-18-6-4-2/h7-8,11-12,15-16,19H,3-6,9-10,13-14,17-18H2,1-2H3,(H,33,34,35). The lowest BCUT2D eigenvalue weighted by Crippen LogP contribution is -2.16. The molecule has 0 aliphatic heterocycles. The van der Waals surface area contributed by atoms with Gasteiger partial charge in [0.05, 0.1) is 18.6 Å². The van der Waals surface area contributed by atoms with Crippen LogP contribution in [0.4, 0.5) is 0 Å². The SMILES string of the molecule is CCCCOC(=O)CCCCC(=O)Oc1c(-c2ccc(OS(=O)(=O)O)c(OCCCC)c2)oc2ccccc2c1=O. The molecule has 0 saturated carbocycles. The van der Waals surface area contributed by atoms with Gasteiger partial charge in [0.2, 0.25) is 11.2 Å². The lowest BCUT2D eigenvalue weighted by Gasteiger charge is -2.14. The Balaban J connectivity index is 1.88. The van der Waals surface area contributed by atoms with Crippen molar-refractivity contribution >= 4 is 33.3 Å². The molecule has 222 valence electrons.